The van der Waals surface area contributed by atoms with Crippen LogP contribution in [-0.4, -0.2) is 25.5 Å². The number of aromatic nitrogens is 2. The Balaban J connectivity index is 2.08. The minimum Gasteiger partial charge on any atom is -0.331 e. The van der Waals surface area contributed by atoms with Crippen LogP contribution < -0.4 is 0 Å². The summed E-state index contributed by atoms with van der Waals surface area (Å²) in [6, 6.07) is 7.69. The van der Waals surface area contributed by atoms with Gasteiger partial charge in [-0.15, -0.1) is 0 Å². The van der Waals surface area contributed by atoms with E-state index in [0.717, 1.165) is 11.0 Å². The molecule has 1 heterocycles. The maximum atomic E-state index is 10.7. The Morgan fingerprint density at radius 3 is 2.81 bits per heavy atom. The van der Waals surface area contributed by atoms with Gasteiger partial charge in [-0.3, -0.25) is 4.57 Å². The zero-order chi connectivity index (χ0) is 11.6. The lowest BCUT2D eigenvalue weighted by Gasteiger charge is -2.05. The zero-order valence-corrected chi connectivity index (χ0v) is 9.55. The summed E-state index contributed by atoms with van der Waals surface area (Å²) >= 11 is 0. The summed E-state index contributed by atoms with van der Waals surface area (Å²) in [6.45, 7) is 0.575. The average Bonchev–Trinajstić information content (AvgIpc) is 2.60. The van der Waals surface area contributed by atoms with Crippen LogP contribution in [0.5, 0.6) is 0 Å². The van der Waals surface area contributed by atoms with Crippen molar-refractivity contribution in [2.75, 3.05) is 6.16 Å². The Bertz CT molecular complexity index is 532. The van der Waals surface area contributed by atoms with Gasteiger partial charge in [0.05, 0.1) is 23.5 Å². The molecule has 0 fully saturated rings. The van der Waals surface area contributed by atoms with Crippen molar-refractivity contribution in [1.82, 2.24) is 9.55 Å². The molecule has 0 atom stereocenters. The summed E-state index contributed by atoms with van der Waals surface area (Å²) < 4.78 is 12.6. The molecule has 0 aliphatic carbocycles. The summed E-state index contributed by atoms with van der Waals surface area (Å²) in [5.41, 5.74) is 1.90. The highest BCUT2D eigenvalue weighted by Gasteiger charge is 2.12. The molecule has 16 heavy (non-hydrogen) atoms. The molecule has 1 aromatic heterocycles. The van der Waals surface area contributed by atoms with Gasteiger partial charge >= 0.3 is 7.60 Å². The molecule has 0 saturated carbocycles. The topological polar surface area (TPSA) is 75.3 Å². The van der Waals surface area contributed by atoms with Crippen LogP contribution in [0, 0.1) is 0 Å². The van der Waals surface area contributed by atoms with Gasteiger partial charge < -0.3 is 14.4 Å². The molecule has 0 spiro atoms. The Morgan fingerprint density at radius 1 is 1.31 bits per heavy atom. The van der Waals surface area contributed by atoms with Gasteiger partial charge in [-0.2, -0.15) is 0 Å². The van der Waals surface area contributed by atoms with Gasteiger partial charge in [-0.1, -0.05) is 12.1 Å². The number of benzene rings is 1. The molecule has 0 bridgehead atoms. The van der Waals surface area contributed by atoms with E-state index in [0.29, 0.717) is 13.0 Å². The second-order valence-electron chi connectivity index (χ2n) is 3.67. The second-order valence-corrected chi connectivity index (χ2v) is 5.45. The average molecular weight is 240 g/mol. The summed E-state index contributed by atoms with van der Waals surface area (Å²) in [7, 11) is -3.88. The lowest BCUT2D eigenvalue weighted by atomic mass is 10.3. The number of para-hydroxylation sites is 2. The van der Waals surface area contributed by atoms with Crippen molar-refractivity contribution in [1.29, 1.82) is 0 Å². The lowest BCUT2D eigenvalue weighted by molar-refractivity contribution is 0.370. The van der Waals surface area contributed by atoms with E-state index in [1.54, 1.807) is 6.33 Å². The lowest BCUT2D eigenvalue weighted by Crippen LogP contribution is -1.99. The van der Waals surface area contributed by atoms with E-state index >= 15 is 0 Å². The third-order valence-corrected chi connectivity index (χ3v) is 3.27. The fourth-order valence-electron chi connectivity index (χ4n) is 1.64. The number of imidazole rings is 1. The molecule has 86 valence electrons. The summed E-state index contributed by atoms with van der Waals surface area (Å²) in [5, 5.41) is 0. The van der Waals surface area contributed by atoms with E-state index in [1.165, 1.54) is 0 Å². The van der Waals surface area contributed by atoms with Gasteiger partial charge in [0.2, 0.25) is 0 Å². The van der Waals surface area contributed by atoms with Crippen LogP contribution in [-0.2, 0) is 11.1 Å². The molecular formula is C10H13N2O3P. The van der Waals surface area contributed by atoms with Crippen molar-refractivity contribution in [3.63, 3.8) is 0 Å². The molecule has 0 unspecified atom stereocenters. The third-order valence-electron chi connectivity index (χ3n) is 2.38. The van der Waals surface area contributed by atoms with Gasteiger partial charge in [0, 0.05) is 6.54 Å². The van der Waals surface area contributed by atoms with Gasteiger partial charge in [0.15, 0.2) is 0 Å². The molecule has 2 N–H and O–H groups in total. The first-order chi connectivity index (χ1) is 7.56. The van der Waals surface area contributed by atoms with Gasteiger partial charge in [0.25, 0.3) is 0 Å². The molecule has 1 aromatic carbocycles. The Labute approximate surface area is 92.9 Å². The molecule has 0 aliphatic heterocycles. The number of aryl methyl sites for hydroxylation is 1. The molecule has 0 radical (unpaired) electrons. The quantitative estimate of drug-likeness (QED) is 0.796. The molecule has 0 aliphatic rings. The first-order valence-corrected chi connectivity index (χ1v) is 6.80. The van der Waals surface area contributed by atoms with E-state index in [1.807, 2.05) is 28.8 Å². The fraction of sp³-hybridized carbons (Fsp3) is 0.300. The summed E-state index contributed by atoms with van der Waals surface area (Å²) in [6.07, 6.45) is 2.06. The highest BCUT2D eigenvalue weighted by molar-refractivity contribution is 7.51. The predicted octanol–water partition coefficient (Wildman–Crippen LogP) is 1.60. The van der Waals surface area contributed by atoms with Crippen LogP contribution in [0.15, 0.2) is 30.6 Å². The first kappa shape index (κ1) is 11.3. The smallest absolute Gasteiger partial charge is 0.325 e. The fourth-order valence-corrected chi connectivity index (χ4v) is 2.19. The Hall–Kier alpha value is -1.16. The molecule has 2 rings (SSSR count). The molecule has 2 aromatic rings. The molecule has 5 nitrogen and oxygen atoms in total. The largest absolute Gasteiger partial charge is 0.331 e. The normalized spacial score (nSPS) is 12.1. The number of hydrogen-bond donors (Lipinski definition) is 2. The van der Waals surface area contributed by atoms with Crippen LogP contribution in [0.1, 0.15) is 6.42 Å². The minimum atomic E-state index is -3.88. The summed E-state index contributed by atoms with van der Waals surface area (Å²) in [5.74, 6) is 0. The van der Waals surface area contributed by atoms with Crippen LogP contribution in [0.3, 0.4) is 0 Å². The maximum absolute atomic E-state index is 10.7. The Morgan fingerprint density at radius 2 is 2.06 bits per heavy atom. The highest BCUT2D eigenvalue weighted by Crippen LogP contribution is 2.35. The van der Waals surface area contributed by atoms with Crippen LogP contribution in [0.4, 0.5) is 0 Å². The van der Waals surface area contributed by atoms with Crippen molar-refractivity contribution in [2.45, 2.75) is 13.0 Å². The monoisotopic (exact) mass is 240 g/mol. The van der Waals surface area contributed by atoms with E-state index in [-0.39, 0.29) is 6.16 Å². The molecular weight excluding hydrogens is 227 g/mol. The molecule has 0 saturated heterocycles. The number of nitrogens with zero attached hydrogens (tertiary/aromatic N) is 2. The standard InChI is InChI=1S/C10H13N2O3P/c13-16(14,15)7-3-6-12-8-11-9-4-1-2-5-10(9)12/h1-2,4-5,8H,3,6-7H2,(H2,13,14,15). The number of fused-ring (bicyclic) bond motifs is 1. The van der Waals surface area contributed by atoms with E-state index in [9.17, 15) is 4.57 Å². The van der Waals surface area contributed by atoms with Crippen molar-refractivity contribution < 1.29 is 14.4 Å². The molecule has 0 amide bonds. The number of rotatable bonds is 4. The Kier molecular flexibility index (Phi) is 3.10. The van der Waals surface area contributed by atoms with E-state index in [2.05, 4.69) is 4.98 Å². The van der Waals surface area contributed by atoms with Crippen molar-refractivity contribution >= 4 is 18.6 Å². The maximum Gasteiger partial charge on any atom is 0.325 e. The molecule has 6 heteroatoms. The van der Waals surface area contributed by atoms with Gasteiger partial charge in [0.1, 0.15) is 0 Å². The SMILES string of the molecule is O=P(O)(O)CCCn1cnc2ccccc21. The van der Waals surface area contributed by atoms with Gasteiger partial charge in [-0.25, -0.2) is 4.98 Å². The zero-order valence-electron chi connectivity index (χ0n) is 8.65. The van der Waals surface area contributed by atoms with Crippen LogP contribution in [0.2, 0.25) is 0 Å². The van der Waals surface area contributed by atoms with Crippen molar-refractivity contribution in [3.05, 3.63) is 30.6 Å². The number of hydrogen-bond acceptors (Lipinski definition) is 2. The van der Waals surface area contributed by atoms with Gasteiger partial charge in [-0.05, 0) is 18.6 Å². The van der Waals surface area contributed by atoms with Crippen LogP contribution in [0.25, 0.3) is 11.0 Å². The summed E-state index contributed by atoms with van der Waals surface area (Å²) in [4.78, 5) is 21.7. The predicted molar refractivity (Wildman–Crippen MR) is 61.3 cm³/mol. The first-order valence-electron chi connectivity index (χ1n) is 5.01. The van der Waals surface area contributed by atoms with Crippen LogP contribution >= 0.6 is 7.60 Å². The highest BCUT2D eigenvalue weighted by atomic mass is 31.2. The second kappa shape index (κ2) is 4.37. The van der Waals surface area contributed by atoms with E-state index in [4.69, 9.17) is 9.79 Å². The third kappa shape index (κ3) is 2.70. The minimum absolute atomic E-state index is 0.0838. The van der Waals surface area contributed by atoms with E-state index < -0.39 is 7.60 Å². The van der Waals surface area contributed by atoms with Crippen molar-refractivity contribution in [2.24, 2.45) is 0 Å². The van der Waals surface area contributed by atoms with Crippen molar-refractivity contribution in [3.8, 4) is 0 Å².